The number of hydrogen-bond acceptors (Lipinski definition) is 6. The number of benzene rings is 6. The Bertz CT molecular complexity index is 2040. The molecule has 6 aromatic rings. The van der Waals surface area contributed by atoms with Crippen LogP contribution in [0.1, 0.15) is 78.0 Å². The second kappa shape index (κ2) is 18.4. The van der Waals surface area contributed by atoms with Crippen molar-refractivity contribution in [1.82, 2.24) is 0 Å². The van der Waals surface area contributed by atoms with E-state index in [0.29, 0.717) is 55.2 Å². The van der Waals surface area contributed by atoms with Gasteiger partial charge in [-0.15, -0.1) is 0 Å². The van der Waals surface area contributed by atoms with Crippen molar-refractivity contribution in [2.75, 3.05) is 0 Å². The van der Waals surface area contributed by atoms with Crippen LogP contribution in [0.15, 0.2) is 152 Å². The van der Waals surface area contributed by atoms with Gasteiger partial charge in [0.15, 0.2) is 17.6 Å². The van der Waals surface area contributed by atoms with Crippen LogP contribution in [0.3, 0.4) is 0 Å². The van der Waals surface area contributed by atoms with Crippen LogP contribution >= 0.6 is 0 Å². The molecule has 0 bridgehead atoms. The minimum Gasteiger partial charge on any atom is -0.489 e. The normalized spacial score (nSPS) is 16.1. The van der Waals surface area contributed by atoms with Crippen LogP contribution in [0.25, 0.3) is 0 Å². The van der Waals surface area contributed by atoms with Crippen LogP contribution in [0, 0.1) is 0 Å². The molecule has 0 radical (unpaired) electrons. The molecule has 0 aliphatic carbocycles. The van der Waals surface area contributed by atoms with Crippen molar-refractivity contribution in [2.24, 2.45) is 0 Å². The van der Waals surface area contributed by atoms with Gasteiger partial charge in [0, 0.05) is 23.6 Å². The van der Waals surface area contributed by atoms with E-state index >= 15 is 0 Å². The standard InChI is InChI=1S/C48H48O6/c1-2-3-8-25-41-46-44(53-34-38-23-15-7-16-24-38)29-40(50-31-35-17-9-4-10-18-35)30-45(46)54-48(47(41)49)39-26-27-42(51-32-36-19-11-5-12-20-36)43(28-39)52-33-37-21-13-6-14-22-37/h4-7,9-24,26-30,41,47-49H,2-3,8,25,31-34H2,1H3/t41-,47?,48?/m1/s1. The van der Waals surface area contributed by atoms with E-state index in [1.54, 1.807) is 0 Å². The molecule has 0 aromatic heterocycles. The molecule has 0 spiro atoms. The van der Waals surface area contributed by atoms with Gasteiger partial charge in [0.25, 0.3) is 0 Å². The molecule has 3 atom stereocenters. The van der Waals surface area contributed by atoms with Crippen LogP contribution in [-0.4, -0.2) is 11.2 Å². The van der Waals surface area contributed by atoms with Gasteiger partial charge in [-0.25, -0.2) is 0 Å². The number of hydrogen-bond donors (Lipinski definition) is 1. The highest BCUT2D eigenvalue weighted by Crippen LogP contribution is 2.51. The van der Waals surface area contributed by atoms with Crippen molar-refractivity contribution in [3.63, 3.8) is 0 Å². The van der Waals surface area contributed by atoms with Crippen molar-refractivity contribution in [3.8, 4) is 28.7 Å². The van der Waals surface area contributed by atoms with E-state index in [-0.39, 0.29) is 5.92 Å². The first-order valence-corrected chi connectivity index (χ1v) is 19.0. The zero-order chi connectivity index (χ0) is 37.0. The van der Waals surface area contributed by atoms with E-state index in [1.807, 2.05) is 152 Å². The van der Waals surface area contributed by atoms with Gasteiger partial charge in [-0.05, 0) is 46.4 Å². The van der Waals surface area contributed by atoms with Gasteiger partial charge in [0.2, 0.25) is 0 Å². The molecule has 276 valence electrons. The molecule has 2 unspecified atom stereocenters. The molecule has 0 saturated heterocycles. The fourth-order valence-corrected chi connectivity index (χ4v) is 6.91. The summed E-state index contributed by atoms with van der Waals surface area (Å²) in [4.78, 5) is 0. The van der Waals surface area contributed by atoms with Crippen LogP contribution < -0.4 is 23.7 Å². The highest BCUT2D eigenvalue weighted by Gasteiger charge is 2.40. The molecule has 0 amide bonds. The number of unbranched alkanes of at least 4 members (excludes halogenated alkanes) is 2. The summed E-state index contributed by atoms with van der Waals surface area (Å²) in [6.07, 6.45) is 2.37. The van der Waals surface area contributed by atoms with E-state index in [4.69, 9.17) is 23.7 Å². The topological polar surface area (TPSA) is 66.4 Å². The van der Waals surface area contributed by atoms with Crippen LogP contribution in [0.2, 0.25) is 0 Å². The molecule has 1 N–H and O–H groups in total. The number of rotatable bonds is 17. The number of aliphatic hydroxyl groups is 1. The quantitative estimate of drug-likeness (QED) is 0.0947. The predicted molar refractivity (Wildman–Crippen MR) is 212 cm³/mol. The highest BCUT2D eigenvalue weighted by molar-refractivity contribution is 5.55. The lowest BCUT2D eigenvalue weighted by Crippen LogP contribution is -2.35. The minimum absolute atomic E-state index is 0.234. The fourth-order valence-electron chi connectivity index (χ4n) is 6.91. The zero-order valence-electron chi connectivity index (χ0n) is 30.8. The Morgan fingerprint density at radius 1 is 0.519 bits per heavy atom. The molecular weight excluding hydrogens is 673 g/mol. The third kappa shape index (κ3) is 9.44. The van der Waals surface area contributed by atoms with Crippen molar-refractivity contribution >= 4 is 0 Å². The lowest BCUT2D eigenvalue weighted by Gasteiger charge is -2.38. The summed E-state index contributed by atoms with van der Waals surface area (Å²) in [5, 5.41) is 12.3. The maximum atomic E-state index is 12.3. The average molecular weight is 721 g/mol. The molecule has 6 heteroatoms. The van der Waals surface area contributed by atoms with Gasteiger partial charge in [0.1, 0.15) is 49.8 Å². The summed E-state index contributed by atoms with van der Waals surface area (Å²) in [6, 6.07) is 50.1. The van der Waals surface area contributed by atoms with E-state index in [2.05, 4.69) is 6.92 Å². The van der Waals surface area contributed by atoms with E-state index in [9.17, 15) is 5.11 Å². The maximum Gasteiger partial charge on any atom is 0.162 e. The molecule has 7 rings (SSSR count). The summed E-state index contributed by atoms with van der Waals surface area (Å²) in [6.45, 7) is 3.74. The molecule has 1 aliphatic rings. The smallest absolute Gasteiger partial charge is 0.162 e. The molecule has 6 nitrogen and oxygen atoms in total. The van der Waals surface area contributed by atoms with Gasteiger partial charge in [-0.2, -0.15) is 0 Å². The first kappa shape index (κ1) is 36.6. The van der Waals surface area contributed by atoms with Crippen molar-refractivity contribution in [1.29, 1.82) is 0 Å². The first-order chi connectivity index (χ1) is 26.6. The van der Waals surface area contributed by atoms with Gasteiger partial charge in [-0.3, -0.25) is 0 Å². The summed E-state index contributed by atoms with van der Waals surface area (Å²) < 4.78 is 32.5. The van der Waals surface area contributed by atoms with Crippen molar-refractivity contribution in [3.05, 3.63) is 185 Å². The fraction of sp³-hybridized carbons (Fsp3) is 0.250. The SMILES string of the molecule is CCCCC[C@@H]1c2c(OCc3ccccc3)cc(OCc3ccccc3)cc2OC(c2ccc(OCc3ccccc3)c(OCc3ccccc3)c2)C1O. The van der Waals surface area contributed by atoms with E-state index < -0.39 is 12.2 Å². The Kier molecular flexibility index (Phi) is 12.4. The first-order valence-electron chi connectivity index (χ1n) is 19.0. The molecule has 0 saturated carbocycles. The summed E-state index contributed by atoms with van der Waals surface area (Å²) in [5.74, 6) is 2.92. The van der Waals surface area contributed by atoms with Gasteiger partial charge in [0.05, 0.1) is 0 Å². The van der Waals surface area contributed by atoms with Crippen LogP contribution in [0.4, 0.5) is 0 Å². The Labute approximate surface area is 318 Å². The lowest BCUT2D eigenvalue weighted by molar-refractivity contribution is -0.00443. The lowest BCUT2D eigenvalue weighted by atomic mass is 9.81. The van der Waals surface area contributed by atoms with E-state index in [1.165, 1.54) is 0 Å². The largest absolute Gasteiger partial charge is 0.489 e. The summed E-state index contributed by atoms with van der Waals surface area (Å²) in [7, 11) is 0. The average Bonchev–Trinajstić information content (AvgIpc) is 3.23. The Hall–Kier alpha value is -5.72. The van der Waals surface area contributed by atoms with Gasteiger partial charge >= 0.3 is 0 Å². The molecule has 1 aliphatic heterocycles. The second-order valence-electron chi connectivity index (χ2n) is 13.8. The number of fused-ring (bicyclic) bond motifs is 1. The van der Waals surface area contributed by atoms with Crippen molar-refractivity contribution < 1.29 is 28.8 Å². The maximum absolute atomic E-state index is 12.3. The third-order valence-corrected chi connectivity index (χ3v) is 9.80. The van der Waals surface area contributed by atoms with Gasteiger partial charge in [-0.1, -0.05) is 154 Å². The monoisotopic (exact) mass is 720 g/mol. The van der Waals surface area contributed by atoms with Gasteiger partial charge < -0.3 is 28.8 Å². The third-order valence-electron chi connectivity index (χ3n) is 9.80. The summed E-state index contributed by atoms with van der Waals surface area (Å²) in [5.41, 5.74) is 5.89. The molecular formula is C48H48O6. The minimum atomic E-state index is -0.845. The molecule has 0 fully saturated rings. The molecule has 54 heavy (non-hydrogen) atoms. The number of ether oxygens (including phenoxy) is 5. The van der Waals surface area contributed by atoms with Crippen molar-refractivity contribution in [2.45, 2.75) is 77.2 Å². The number of aliphatic hydroxyl groups excluding tert-OH is 1. The van der Waals surface area contributed by atoms with Crippen LogP contribution in [0.5, 0.6) is 28.7 Å². The summed E-state index contributed by atoms with van der Waals surface area (Å²) >= 11 is 0. The second-order valence-corrected chi connectivity index (χ2v) is 13.8. The highest BCUT2D eigenvalue weighted by atomic mass is 16.5. The predicted octanol–water partition coefficient (Wildman–Crippen LogP) is 11.2. The Morgan fingerprint density at radius 3 is 1.56 bits per heavy atom. The Balaban J connectivity index is 1.23. The van der Waals surface area contributed by atoms with E-state index in [0.717, 1.165) is 59.1 Å². The molecule has 1 heterocycles. The van der Waals surface area contributed by atoms with Crippen LogP contribution in [-0.2, 0) is 26.4 Å². The zero-order valence-corrected chi connectivity index (χ0v) is 30.8. The Morgan fingerprint density at radius 2 is 1.02 bits per heavy atom. The molecule has 6 aromatic carbocycles.